The number of hydrogen-bond acceptors (Lipinski definition) is 10. The number of nitrogens with zero attached hydrogens (tertiary/aromatic N) is 3. The molecule has 0 spiro atoms. The van der Waals surface area contributed by atoms with Gasteiger partial charge in [-0.3, -0.25) is 4.79 Å². The number of rotatable bonds is 5. The van der Waals surface area contributed by atoms with E-state index in [-0.39, 0.29) is 12.4 Å². The van der Waals surface area contributed by atoms with Gasteiger partial charge in [-0.25, -0.2) is 4.98 Å². The molecule has 2 aromatic carbocycles. The topological polar surface area (TPSA) is 121 Å². The predicted octanol–water partition coefficient (Wildman–Crippen LogP) is 1.42. The van der Waals surface area contributed by atoms with Crippen LogP contribution in [-0.2, 0) is 4.79 Å². The minimum Gasteiger partial charge on any atom is -0.493 e. The van der Waals surface area contributed by atoms with Crippen molar-refractivity contribution in [2.45, 2.75) is 12.1 Å². The van der Waals surface area contributed by atoms with Gasteiger partial charge in [0.15, 0.2) is 34.9 Å². The van der Waals surface area contributed by atoms with Crippen LogP contribution < -0.4 is 34.9 Å². The fourth-order valence-electron chi connectivity index (χ4n) is 4.11. The summed E-state index contributed by atoms with van der Waals surface area (Å²) in [4.78, 5) is 24.3. The summed E-state index contributed by atoms with van der Waals surface area (Å²) in [7, 11) is 3.13. The van der Waals surface area contributed by atoms with Crippen molar-refractivity contribution in [2.75, 3.05) is 51.1 Å². The van der Waals surface area contributed by atoms with E-state index in [2.05, 4.69) is 15.3 Å². The second-order valence-corrected chi connectivity index (χ2v) is 7.85. The Kier molecular flexibility index (Phi) is 5.51. The lowest BCUT2D eigenvalue weighted by atomic mass is 10.0. The van der Waals surface area contributed by atoms with E-state index >= 15 is 0 Å². The van der Waals surface area contributed by atoms with Gasteiger partial charge in [-0.05, 0) is 18.2 Å². The van der Waals surface area contributed by atoms with Crippen LogP contribution in [0.5, 0.6) is 23.0 Å². The number of carbonyl (C=O) groups is 1. The molecule has 2 unspecified atom stereocenters. The minimum absolute atomic E-state index is 0.0747. The SMILES string of the molecule is COc1cc2nc(N3CCNC(C(=O)C4COc5ccccc5O4)C3)nc(N)c2cc1OC. The molecule has 1 fully saturated rings. The molecule has 10 nitrogen and oxygen atoms in total. The van der Waals surface area contributed by atoms with Crippen LogP contribution in [-0.4, -0.2) is 68.4 Å². The van der Waals surface area contributed by atoms with E-state index in [1.807, 2.05) is 23.1 Å². The van der Waals surface area contributed by atoms with Gasteiger partial charge in [0.05, 0.1) is 25.8 Å². The van der Waals surface area contributed by atoms with Crippen LogP contribution in [0.15, 0.2) is 36.4 Å². The molecule has 2 atom stereocenters. The van der Waals surface area contributed by atoms with Crippen LogP contribution in [0.25, 0.3) is 10.9 Å². The van der Waals surface area contributed by atoms with E-state index in [1.54, 1.807) is 32.4 Å². The van der Waals surface area contributed by atoms with Crippen molar-refractivity contribution >= 4 is 28.5 Å². The van der Waals surface area contributed by atoms with Crippen LogP contribution in [0.2, 0.25) is 0 Å². The number of fused-ring (bicyclic) bond motifs is 2. The number of hydrogen-bond donors (Lipinski definition) is 2. The number of nitrogens with two attached hydrogens (primary N) is 1. The van der Waals surface area contributed by atoms with Crippen molar-refractivity contribution in [3.05, 3.63) is 36.4 Å². The number of benzene rings is 2. The Hall–Kier alpha value is -3.79. The number of nitrogen functional groups attached to an aromatic ring is 1. The first-order chi connectivity index (χ1) is 16.1. The van der Waals surface area contributed by atoms with Crippen molar-refractivity contribution in [3.8, 4) is 23.0 Å². The molecule has 0 saturated carbocycles. The third kappa shape index (κ3) is 3.93. The molecule has 0 bridgehead atoms. The fourth-order valence-corrected chi connectivity index (χ4v) is 4.11. The third-order valence-corrected chi connectivity index (χ3v) is 5.85. The monoisotopic (exact) mass is 451 g/mol. The Morgan fingerprint density at radius 1 is 1.15 bits per heavy atom. The highest BCUT2D eigenvalue weighted by Gasteiger charge is 2.35. The van der Waals surface area contributed by atoms with E-state index in [4.69, 9.17) is 24.7 Å². The number of piperazine rings is 1. The van der Waals surface area contributed by atoms with E-state index < -0.39 is 12.1 Å². The number of anilines is 2. The van der Waals surface area contributed by atoms with Gasteiger partial charge < -0.3 is 34.9 Å². The molecule has 3 N–H and O–H groups in total. The zero-order valence-corrected chi connectivity index (χ0v) is 18.4. The lowest BCUT2D eigenvalue weighted by molar-refractivity contribution is -0.130. The van der Waals surface area contributed by atoms with E-state index in [9.17, 15) is 4.79 Å². The number of ether oxygens (including phenoxy) is 4. The number of carbonyl (C=O) groups excluding carboxylic acids is 1. The maximum absolute atomic E-state index is 13.2. The van der Waals surface area contributed by atoms with Crippen molar-refractivity contribution in [3.63, 3.8) is 0 Å². The molecule has 0 amide bonds. The van der Waals surface area contributed by atoms with Gasteiger partial charge in [-0.1, -0.05) is 12.1 Å². The van der Waals surface area contributed by atoms with Gasteiger partial charge in [0.2, 0.25) is 5.95 Å². The summed E-state index contributed by atoms with van der Waals surface area (Å²) in [6.45, 7) is 1.79. The number of aromatic nitrogens is 2. The molecule has 10 heteroatoms. The van der Waals surface area contributed by atoms with Gasteiger partial charge >= 0.3 is 0 Å². The Morgan fingerprint density at radius 2 is 1.91 bits per heavy atom. The zero-order chi connectivity index (χ0) is 22.9. The summed E-state index contributed by atoms with van der Waals surface area (Å²) in [6, 6.07) is 10.4. The molecule has 2 aliphatic heterocycles. The normalized spacial score (nSPS) is 19.9. The van der Waals surface area contributed by atoms with Crippen LogP contribution in [0, 0.1) is 0 Å². The molecule has 3 aromatic rings. The first-order valence-electron chi connectivity index (χ1n) is 10.7. The van der Waals surface area contributed by atoms with Crippen LogP contribution in [0.4, 0.5) is 11.8 Å². The van der Waals surface area contributed by atoms with E-state index in [0.717, 1.165) is 0 Å². The maximum Gasteiger partial charge on any atom is 0.227 e. The van der Waals surface area contributed by atoms with Crippen molar-refractivity contribution in [2.24, 2.45) is 0 Å². The fraction of sp³-hybridized carbons (Fsp3) is 0.348. The maximum atomic E-state index is 13.2. The highest BCUT2D eigenvalue weighted by atomic mass is 16.6. The van der Waals surface area contributed by atoms with Crippen LogP contribution in [0.3, 0.4) is 0 Å². The lowest BCUT2D eigenvalue weighted by Crippen LogP contribution is -2.58. The molecule has 0 radical (unpaired) electrons. The minimum atomic E-state index is -0.684. The number of methoxy groups -OCH3 is 2. The molecular weight excluding hydrogens is 426 g/mol. The van der Waals surface area contributed by atoms with Crippen LogP contribution in [0.1, 0.15) is 0 Å². The average molecular weight is 451 g/mol. The van der Waals surface area contributed by atoms with Gasteiger partial charge in [0, 0.05) is 31.1 Å². The molecule has 5 rings (SSSR count). The summed E-state index contributed by atoms with van der Waals surface area (Å²) >= 11 is 0. The predicted molar refractivity (Wildman–Crippen MR) is 122 cm³/mol. The molecular formula is C23H25N5O5. The summed E-state index contributed by atoms with van der Waals surface area (Å²) in [5.74, 6) is 3.04. The summed E-state index contributed by atoms with van der Waals surface area (Å²) in [5.41, 5.74) is 6.88. The Balaban J connectivity index is 1.37. The average Bonchev–Trinajstić information content (AvgIpc) is 2.87. The quantitative estimate of drug-likeness (QED) is 0.589. The lowest BCUT2D eigenvalue weighted by Gasteiger charge is -2.35. The number of para-hydroxylation sites is 2. The molecule has 1 aromatic heterocycles. The van der Waals surface area contributed by atoms with Gasteiger partial charge in [-0.2, -0.15) is 4.98 Å². The molecule has 1 saturated heterocycles. The van der Waals surface area contributed by atoms with Gasteiger partial charge in [0.25, 0.3) is 0 Å². The molecule has 33 heavy (non-hydrogen) atoms. The van der Waals surface area contributed by atoms with Crippen molar-refractivity contribution in [1.29, 1.82) is 0 Å². The highest BCUT2D eigenvalue weighted by molar-refractivity contribution is 5.92. The third-order valence-electron chi connectivity index (χ3n) is 5.85. The van der Waals surface area contributed by atoms with Crippen LogP contribution >= 0.6 is 0 Å². The molecule has 3 heterocycles. The Labute approximate surface area is 190 Å². The van der Waals surface area contributed by atoms with E-state index in [1.165, 1.54) is 0 Å². The molecule has 172 valence electrons. The van der Waals surface area contributed by atoms with Gasteiger partial charge in [-0.15, -0.1) is 0 Å². The second kappa shape index (κ2) is 8.62. The number of ketones is 1. The van der Waals surface area contributed by atoms with E-state index in [0.29, 0.717) is 65.3 Å². The smallest absolute Gasteiger partial charge is 0.227 e. The number of Topliss-reactive ketones (excluding diaryl/α,β-unsaturated/α-hetero) is 1. The molecule has 2 aliphatic rings. The first kappa shape index (κ1) is 21.1. The first-order valence-corrected chi connectivity index (χ1v) is 10.7. The zero-order valence-electron chi connectivity index (χ0n) is 18.4. The second-order valence-electron chi connectivity index (χ2n) is 7.85. The number of nitrogens with one attached hydrogen (secondary N) is 1. The Morgan fingerprint density at radius 3 is 2.70 bits per heavy atom. The Bertz CT molecular complexity index is 1200. The van der Waals surface area contributed by atoms with Crippen molar-refractivity contribution < 1.29 is 23.7 Å². The summed E-state index contributed by atoms with van der Waals surface area (Å²) in [6.07, 6.45) is -0.684. The molecule has 0 aliphatic carbocycles. The van der Waals surface area contributed by atoms with Crippen molar-refractivity contribution in [1.82, 2.24) is 15.3 Å². The largest absolute Gasteiger partial charge is 0.493 e. The summed E-state index contributed by atoms with van der Waals surface area (Å²) in [5, 5.41) is 3.95. The standard InChI is InChI=1S/C23H25N5O5/c1-30-18-9-13-14(10-19(18)31-2)26-23(27-22(13)24)28-8-7-25-15(11-28)21(29)20-12-32-16-5-3-4-6-17(16)33-20/h3-6,9-10,15,20,25H,7-8,11-12H2,1-2H3,(H2,24,26,27). The van der Waals surface area contributed by atoms with Gasteiger partial charge in [0.1, 0.15) is 12.4 Å². The summed E-state index contributed by atoms with van der Waals surface area (Å²) < 4.78 is 22.4. The highest BCUT2D eigenvalue weighted by Crippen LogP contribution is 2.34.